The third kappa shape index (κ3) is 23.8. The zero-order valence-electron chi connectivity index (χ0n) is 10.8. The quantitative estimate of drug-likeness (QED) is 0.402. The van der Waals surface area contributed by atoms with E-state index < -0.39 is 0 Å². The maximum atomic E-state index is 5.23. The van der Waals surface area contributed by atoms with Crippen LogP contribution in [0.15, 0.2) is 41.6 Å². The molecule has 0 unspecified atom stereocenters. The molecule has 0 aromatic heterocycles. The van der Waals surface area contributed by atoms with Crippen LogP contribution in [0.3, 0.4) is 0 Å². The van der Waals surface area contributed by atoms with Crippen molar-refractivity contribution < 1.29 is 25.2 Å². The molecular weight excluding hydrogens is 411 g/mol. The van der Waals surface area contributed by atoms with Gasteiger partial charge in [0.1, 0.15) is 0 Å². The van der Waals surface area contributed by atoms with Gasteiger partial charge in [0, 0.05) is 0 Å². The molecule has 0 aliphatic rings. The van der Waals surface area contributed by atoms with E-state index in [4.69, 9.17) is 4.12 Å². The Labute approximate surface area is 121 Å². The molecule has 0 aliphatic carbocycles. The van der Waals surface area contributed by atoms with E-state index in [1.54, 1.807) is 0 Å². The smallest absolute Gasteiger partial charge is 0.492 e. The molecule has 0 heterocycles. The van der Waals surface area contributed by atoms with Crippen molar-refractivity contribution in [2.45, 2.75) is 13.8 Å². The molecule has 0 aliphatic heterocycles. The van der Waals surface area contributed by atoms with E-state index in [2.05, 4.69) is 26.1 Å². The van der Waals surface area contributed by atoms with Gasteiger partial charge in [-0.05, 0) is 23.6 Å². The summed E-state index contributed by atoms with van der Waals surface area (Å²) in [5, 5.41) is 0. The second-order valence-electron chi connectivity index (χ2n) is 2.82. The minimum absolute atomic E-state index is 0. The van der Waals surface area contributed by atoms with Crippen LogP contribution in [0.5, 0.6) is 0 Å². The zero-order valence-corrected chi connectivity index (χ0v) is 15.9. The van der Waals surface area contributed by atoms with Crippen LogP contribution in [0, 0.1) is 21.4 Å². The van der Waals surface area contributed by atoms with Crippen molar-refractivity contribution in [2.24, 2.45) is 0 Å². The van der Waals surface area contributed by atoms with E-state index >= 15 is 0 Å². The topological polar surface area (TPSA) is 9.23 Å². The van der Waals surface area contributed by atoms with Gasteiger partial charge in [0.2, 0.25) is 0 Å². The maximum Gasteiger partial charge on any atom is 4.00 e. The van der Waals surface area contributed by atoms with E-state index in [9.17, 15) is 0 Å². The summed E-state index contributed by atoms with van der Waals surface area (Å²) in [5.74, 6) is 0. The van der Waals surface area contributed by atoms with Crippen LogP contribution in [-0.4, -0.2) is 19.5 Å². The Morgan fingerprint density at radius 2 is 1.75 bits per heavy atom. The van der Waals surface area contributed by atoms with Gasteiger partial charge in [0.25, 0.3) is 0 Å². The van der Waals surface area contributed by atoms with Gasteiger partial charge in [-0.15, -0.1) is 0 Å². The molecule has 0 radical (unpaired) electrons. The van der Waals surface area contributed by atoms with Gasteiger partial charge in [-0.25, -0.2) is 12.1 Å². The second kappa shape index (κ2) is 20.6. The molecule has 1 aromatic carbocycles. The van der Waals surface area contributed by atoms with Crippen molar-refractivity contribution in [3.63, 3.8) is 0 Å². The zero-order chi connectivity index (χ0) is 9.94. The van der Waals surface area contributed by atoms with Crippen LogP contribution < -0.4 is 0 Å². The monoisotopic (exact) mass is 435 g/mol. The SMILES string of the molecule is [CH2-][SiH2]O[SiH2]C=C(C)C.[CH3-].[CH3-].[Pt+4].c1cc[cH-]c1. The van der Waals surface area contributed by atoms with E-state index in [1.165, 1.54) is 5.57 Å². The minimum Gasteiger partial charge on any atom is -0.492 e. The average molecular weight is 436 g/mol. The molecule has 0 N–H and O–H groups in total. The van der Waals surface area contributed by atoms with Crippen LogP contribution >= 0.6 is 0 Å². The van der Waals surface area contributed by atoms with Crippen molar-refractivity contribution >= 4 is 19.5 Å². The molecule has 0 atom stereocenters. The summed E-state index contributed by atoms with van der Waals surface area (Å²) in [6.45, 7) is 7.90. The summed E-state index contributed by atoms with van der Waals surface area (Å²) in [7, 11) is -0.661. The van der Waals surface area contributed by atoms with Crippen LogP contribution in [0.1, 0.15) is 13.8 Å². The standard InChI is InChI=1S/C5H13OSi2.C5H5.2CH3.Pt/c1-5(2)4-8-6-7-3;1-2-4-5-3-1;;;/h4H,3,7-8H2,1-2H3;1-5H;2*1H3;/q4*-1;+4. The summed E-state index contributed by atoms with van der Waals surface area (Å²) in [6.07, 6.45) is 0. The molecule has 1 rings (SSSR count). The van der Waals surface area contributed by atoms with Crippen LogP contribution in [0.2, 0.25) is 0 Å². The van der Waals surface area contributed by atoms with Crippen molar-refractivity contribution in [3.8, 4) is 0 Å². The Balaban J connectivity index is -0.0000000798. The van der Waals surface area contributed by atoms with Gasteiger partial charge in [-0.1, -0.05) is 11.3 Å². The summed E-state index contributed by atoms with van der Waals surface area (Å²) >= 11 is 0. The molecule has 0 fully saturated rings. The Morgan fingerprint density at radius 3 is 2.00 bits per heavy atom. The number of hydrogen-bond acceptors (Lipinski definition) is 1. The first-order chi connectivity index (χ1) is 6.27. The van der Waals surface area contributed by atoms with E-state index in [0.717, 1.165) is 0 Å². The fourth-order valence-electron chi connectivity index (χ4n) is 0.630. The van der Waals surface area contributed by atoms with Gasteiger partial charge in [-0.3, -0.25) is 0 Å². The molecule has 16 heavy (non-hydrogen) atoms. The number of allylic oxidation sites excluding steroid dienone is 1. The first kappa shape index (κ1) is 25.1. The Hall–Kier alpha value is 0.172. The average Bonchev–Trinajstić information content (AvgIpc) is 2.61. The largest absolute Gasteiger partial charge is 4.00 e. The Kier molecular flexibility index (Phi) is 32.3. The fraction of sp³-hybridized carbons (Fsp3) is 0.167. The number of rotatable bonds is 3. The first-order valence-electron chi connectivity index (χ1n) is 4.44. The molecule has 0 bridgehead atoms. The van der Waals surface area contributed by atoms with E-state index in [-0.39, 0.29) is 55.4 Å². The molecule has 0 saturated heterocycles. The van der Waals surface area contributed by atoms with Crippen molar-refractivity contribution in [3.05, 3.63) is 63.0 Å². The van der Waals surface area contributed by atoms with Gasteiger partial charge in [-0.2, -0.15) is 18.2 Å². The van der Waals surface area contributed by atoms with Crippen molar-refractivity contribution in [2.75, 3.05) is 0 Å². The summed E-state index contributed by atoms with van der Waals surface area (Å²) < 4.78 is 5.23. The molecular formula is C12H24OPtSi2. The van der Waals surface area contributed by atoms with Crippen LogP contribution in [0.25, 0.3) is 0 Å². The third-order valence-corrected chi connectivity index (χ3v) is 4.39. The molecule has 0 amide bonds. The van der Waals surface area contributed by atoms with Gasteiger partial charge >= 0.3 is 21.1 Å². The molecule has 1 aromatic rings. The van der Waals surface area contributed by atoms with Gasteiger partial charge < -0.3 is 25.5 Å². The van der Waals surface area contributed by atoms with Crippen LogP contribution in [-0.2, 0) is 25.2 Å². The molecule has 4 heteroatoms. The molecule has 0 spiro atoms. The first-order valence-corrected chi connectivity index (χ1v) is 7.41. The molecule has 0 saturated carbocycles. The maximum absolute atomic E-state index is 5.23. The van der Waals surface area contributed by atoms with E-state index in [1.807, 2.05) is 30.3 Å². The van der Waals surface area contributed by atoms with Crippen molar-refractivity contribution in [1.82, 2.24) is 0 Å². The van der Waals surface area contributed by atoms with Crippen LogP contribution in [0.4, 0.5) is 0 Å². The molecule has 96 valence electrons. The molecule has 1 nitrogen and oxygen atoms in total. The van der Waals surface area contributed by atoms with Gasteiger partial charge in [0.15, 0.2) is 9.76 Å². The summed E-state index contributed by atoms with van der Waals surface area (Å²) in [5.41, 5.74) is 3.58. The predicted molar refractivity (Wildman–Crippen MR) is 77.8 cm³/mol. The predicted octanol–water partition coefficient (Wildman–Crippen LogP) is 2.19. The minimum atomic E-state index is -0.362. The normalized spacial score (nSPS) is 8.44. The fourth-order valence-corrected chi connectivity index (χ4v) is 2.10. The summed E-state index contributed by atoms with van der Waals surface area (Å²) in [6, 6.07) is 10.0. The van der Waals surface area contributed by atoms with Gasteiger partial charge in [0.05, 0.1) is 0 Å². The summed E-state index contributed by atoms with van der Waals surface area (Å²) in [4.78, 5) is 0. The third-order valence-electron chi connectivity index (χ3n) is 1.31. The Bertz CT molecular complexity index is 190. The van der Waals surface area contributed by atoms with Crippen molar-refractivity contribution in [1.29, 1.82) is 0 Å². The second-order valence-corrected chi connectivity index (χ2v) is 5.60. The Morgan fingerprint density at radius 1 is 1.25 bits per heavy atom. The van der Waals surface area contributed by atoms with E-state index in [0.29, 0.717) is 0 Å². The number of hydrogen-bond donors (Lipinski definition) is 0.